The molecule has 178 valence electrons. The van der Waals surface area contributed by atoms with Crippen molar-refractivity contribution in [2.24, 2.45) is 5.92 Å². The normalized spacial score (nSPS) is 14.1. The second-order valence-electron chi connectivity index (χ2n) is 8.15. The molecule has 0 unspecified atom stereocenters. The Labute approximate surface area is 201 Å². The maximum atomic E-state index is 12.5. The van der Waals surface area contributed by atoms with E-state index in [9.17, 15) is 14.4 Å². The first kappa shape index (κ1) is 23.6. The van der Waals surface area contributed by atoms with Crippen LogP contribution in [0.2, 0.25) is 0 Å². The van der Waals surface area contributed by atoms with Gasteiger partial charge in [0.05, 0.1) is 24.0 Å². The lowest BCUT2D eigenvalue weighted by Gasteiger charge is -2.32. The zero-order valence-electron chi connectivity index (χ0n) is 19.3. The van der Waals surface area contributed by atoms with Crippen LogP contribution < -0.4 is 10.2 Å². The van der Waals surface area contributed by atoms with Crippen molar-refractivity contribution in [1.29, 1.82) is 0 Å². The predicted molar refractivity (Wildman–Crippen MR) is 129 cm³/mol. The first-order valence-electron chi connectivity index (χ1n) is 11.0. The molecule has 3 aromatic rings. The van der Waals surface area contributed by atoms with E-state index < -0.39 is 11.9 Å². The van der Waals surface area contributed by atoms with Crippen molar-refractivity contribution in [1.82, 2.24) is 9.97 Å². The van der Waals surface area contributed by atoms with Crippen LogP contribution in [0.5, 0.6) is 0 Å². The molecule has 9 nitrogen and oxygen atoms in total. The summed E-state index contributed by atoms with van der Waals surface area (Å²) in [5.41, 5.74) is 2.07. The van der Waals surface area contributed by atoms with Gasteiger partial charge in [0.1, 0.15) is 17.0 Å². The van der Waals surface area contributed by atoms with E-state index in [1.165, 1.54) is 17.6 Å². The van der Waals surface area contributed by atoms with Gasteiger partial charge in [-0.25, -0.2) is 14.8 Å². The van der Waals surface area contributed by atoms with Gasteiger partial charge in [0, 0.05) is 23.7 Å². The fourth-order valence-corrected chi connectivity index (χ4v) is 4.98. The summed E-state index contributed by atoms with van der Waals surface area (Å²) in [5.74, 6) is -0.612. The molecule has 1 amide bonds. The highest BCUT2D eigenvalue weighted by atomic mass is 32.1. The minimum absolute atomic E-state index is 0.258. The van der Waals surface area contributed by atoms with Crippen molar-refractivity contribution in [3.8, 4) is 0 Å². The van der Waals surface area contributed by atoms with Crippen LogP contribution in [0.15, 0.2) is 30.6 Å². The molecule has 0 aliphatic carbocycles. The number of nitrogens with one attached hydrogen (secondary N) is 1. The number of hydrogen-bond donors (Lipinski definition) is 1. The number of esters is 2. The maximum absolute atomic E-state index is 12.5. The van der Waals surface area contributed by atoms with E-state index in [4.69, 9.17) is 4.74 Å². The number of nitrogens with zero attached hydrogens (tertiary/aromatic N) is 3. The number of aryl methyl sites for hydroxylation is 2. The highest BCUT2D eigenvalue weighted by molar-refractivity contribution is 7.18. The Hall–Kier alpha value is -3.53. The standard InChI is InChI=1S/C24H26N4O5S/c1-14-15(2)34-22-20(14)21(25-13-26-22)28-10-8-17(9-11-28)24(31)33-12-19(29)27-18-6-4-16(5-7-18)23(30)32-3/h4-7,13,17H,8-12H2,1-3H3,(H,27,29). The van der Waals surface area contributed by atoms with Crippen molar-refractivity contribution in [2.45, 2.75) is 26.7 Å². The number of amides is 1. The lowest BCUT2D eigenvalue weighted by atomic mass is 9.97. The van der Waals surface area contributed by atoms with Crippen LogP contribution in [0, 0.1) is 19.8 Å². The number of aromatic nitrogens is 2. The molecular weight excluding hydrogens is 456 g/mol. The zero-order valence-corrected chi connectivity index (χ0v) is 20.1. The molecular formula is C24H26N4O5S. The van der Waals surface area contributed by atoms with Crippen molar-refractivity contribution < 1.29 is 23.9 Å². The largest absolute Gasteiger partial charge is 0.465 e. The van der Waals surface area contributed by atoms with Crippen LogP contribution in [0.3, 0.4) is 0 Å². The summed E-state index contributed by atoms with van der Waals surface area (Å²) in [6.45, 7) is 5.17. The first-order chi connectivity index (χ1) is 16.4. The van der Waals surface area contributed by atoms with Gasteiger partial charge in [-0.1, -0.05) is 0 Å². The Morgan fingerprint density at radius 1 is 1.12 bits per heavy atom. The van der Waals surface area contributed by atoms with E-state index in [1.54, 1.807) is 41.9 Å². The van der Waals surface area contributed by atoms with Gasteiger partial charge in [0.15, 0.2) is 6.61 Å². The molecule has 1 fully saturated rings. The SMILES string of the molecule is COC(=O)c1ccc(NC(=O)COC(=O)C2CCN(c3ncnc4sc(C)c(C)c34)CC2)cc1. The third-order valence-electron chi connectivity index (χ3n) is 6.01. The highest BCUT2D eigenvalue weighted by Gasteiger charge is 2.28. The molecule has 10 heteroatoms. The molecule has 3 heterocycles. The van der Waals surface area contributed by atoms with Gasteiger partial charge in [-0.15, -0.1) is 11.3 Å². The summed E-state index contributed by atoms with van der Waals surface area (Å²) in [6, 6.07) is 6.27. The average Bonchev–Trinajstić information content (AvgIpc) is 3.16. The van der Waals surface area contributed by atoms with Crippen LogP contribution in [-0.4, -0.2) is 54.6 Å². The van der Waals surface area contributed by atoms with E-state index in [0.29, 0.717) is 37.2 Å². The molecule has 2 aromatic heterocycles. The second-order valence-corrected chi connectivity index (χ2v) is 9.35. The number of methoxy groups -OCH3 is 1. The minimum atomic E-state index is -0.456. The number of anilines is 2. The summed E-state index contributed by atoms with van der Waals surface area (Å²) in [7, 11) is 1.30. The molecule has 1 aromatic carbocycles. The van der Waals surface area contributed by atoms with Crippen LogP contribution in [-0.2, 0) is 19.1 Å². The Bertz CT molecular complexity index is 1220. The fourth-order valence-electron chi connectivity index (χ4n) is 3.99. The van der Waals surface area contributed by atoms with Crippen LogP contribution in [0.1, 0.15) is 33.6 Å². The molecule has 1 saturated heterocycles. The van der Waals surface area contributed by atoms with Crippen LogP contribution >= 0.6 is 11.3 Å². The molecule has 0 radical (unpaired) electrons. The Morgan fingerprint density at radius 2 is 1.82 bits per heavy atom. The van der Waals surface area contributed by atoms with E-state index in [0.717, 1.165) is 16.0 Å². The van der Waals surface area contributed by atoms with Crippen molar-refractivity contribution in [3.63, 3.8) is 0 Å². The number of ether oxygens (including phenoxy) is 2. The number of rotatable bonds is 6. The topological polar surface area (TPSA) is 111 Å². The number of carbonyl (C=O) groups is 3. The molecule has 0 saturated carbocycles. The number of carbonyl (C=O) groups excluding carboxylic acids is 3. The molecule has 4 rings (SSSR count). The van der Waals surface area contributed by atoms with Gasteiger partial charge in [-0.3, -0.25) is 9.59 Å². The van der Waals surface area contributed by atoms with E-state index in [-0.39, 0.29) is 18.5 Å². The summed E-state index contributed by atoms with van der Waals surface area (Å²) >= 11 is 1.66. The van der Waals surface area contributed by atoms with Crippen molar-refractivity contribution in [2.75, 3.05) is 37.0 Å². The second kappa shape index (κ2) is 10.2. The van der Waals surface area contributed by atoms with Crippen LogP contribution in [0.25, 0.3) is 10.2 Å². The predicted octanol–water partition coefficient (Wildman–Crippen LogP) is 3.49. The van der Waals surface area contributed by atoms with Gasteiger partial charge < -0.3 is 19.7 Å². The lowest BCUT2D eigenvalue weighted by Crippen LogP contribution is -2.38. The molecule has 1 N–H and O–H groups in total. The molecule has 1 aliphatic heterocycles. The lowest BCUT2D eigenvalue weighted by molar-refractivity contribution is -0.152. The van der Waals surface area contributed by atoms with Gasteiger partial charge >= 0.3 is 11.9 Å². The zero-order chi connectivity index (χ0) is 24.2. The quantitative estimate of drug-likeness (QED) is 0.532. The third-order valence-corrected chi connectivity index (χ3v) is 7.12. The molecule has 1 aliphatic rings. The molecule has 0 bridgehead atoms. The summed E-state index contributed by atoms with van der Waals surface area (Å²) < 4.78 is 9.90. The molecule has 0 spiro atoms. The van der Waals surface area contributed by atoms with Gasteiger partial charge in [0.2, 0.25) is 0 Å². The third kappa shape index (κ3) is 5.01. The number of fused-ring (bicyclic) bond motifs is 1. The van der Waals surface area contributed by atoms with E-state index in [1.807, 2.05) is 0 Å². The van der Waals surface area contributed by atoms with Crippen molar-refractivity contribution >= 4 is 50.9 Å². The molecule has 34 heavy (non-hydrogen) atoms. The first-order valence-corrected chi connectivity index (χ1v) is 11.8. The fraction of sp³-hybridized carbons (Fsp3) is 0.375. The Morgan fingerprint density at radius 3 is 2.50 bits per heavy atom. The van der Waals surface area contributed by atoms with E-state index in [2.05, 4.69) is 38.8 Å². The monoisotopic (exact) mass is 482 g/mol. The van der Waals surface area contributed by atoms with Gasteiger partial charge in [-0.2, -0.15) is 0 Å². The average molecular weight is 483 g/mol. The van der Waals surface area contributed by atoms with Gasteiger partial charge in [-0.05, 0) is 56.5 Å². The van der Waals surface area contributed by atoms with Crippen LogP contribution in [0.4, 0.5) is 11.5 Å². The summed E-state index contributed by atoms with van der Waals surface area (Å²) in [4.78, 5) is 49.5. The smallest absolute Gasteiger partial charge is 0.337 e. The highest BCUT2D eigenvalue weighted by Crippen LogP contribution is 2.35. The number of hydrogen-bond acceptors (Lipinski definition) is 9. The Balaban J connectivity index is 1.27. The summed E-state index contributed by atoms with van der Waals surface area (Å²) in [6.07, 6.45) is 2.85. The van der Waals surface area contributed by atoms with Crippen molar-refractivity contribution in [3.05, 3.63) is 46.6 Å². The number of piperidine rings is 1. The van der Waals surface area contributed by atoms with E-state index >= 15 is 0 Å². The number of benzene rings is 1. The molecule has 0 atom stereocenters. The number of thiophene rings is 1. The summed E-state index contributed by atoms with van der Waals surface area (Å²) in [5, 5.41) is 3.73. The van der Waals surface area contributed by atoms with Gasteiger partial charge in [0.25, 0.3) is 5.91 Å². The minimum Gasteiger partial charge on any atom is -0.465 e. The Kier molecular flexibility index (Phi) is 7.06. The maximum Gasteiger partial charge on any atom is 0.337 e.